The van der Waals surface area contributed by atoms with E-state index in [-0.39, 0.29) is 29.7 Å². The molecule has 0 aromatic heterocycles. The van der Waals surface area contributed by atoms with E-state index in [1.165, 1.54) is 0 Å². The van der Waals surface area contributed by atoms with E-state index in [4.69, 9.17) is 28.9 Å². The second-order valence-corrected chi connectivity index (χ2v) is 13.5. The Labute approximate surface area is 212 Å². The largest absolute Gasteiger partial charge is 0.354 e. The molecule has 1 heterocycles. The highest BCUT2D eigenvalue weighted by molar-refractivity contribution is 7.90. The monoisotopic (exact) mass is 525 g/mol. The molecule has 0 unspecified atom stereocenters. The molecule has 1 aliphatic heterocycles. The third-order valence-corrected chi connectivity index (χ3v) is 7.66. The summed E-state index contributed by atoms with van der Waals surface area (Å²) in [5.41, 5.74) is 7.97. The molecule has 0 radical (unpaired) electrons. The van der Waals surface area contributed by atoms with Crippen LogP contribution in [0, 0.1) is 5.41 Å². The van der Waals surface area contributed by atoms with Crippen molar-refractivity contribution < 1.29 is 13.2 Å². The second-order valence-electron chi connectivity index (χ2n) is 10.4. The topological polar surface area (TPSA) is 101 Å². The van der Waals surface area contributed by atoms with Gasteiger partial charge in [0.1, 0.15) is 9.84 Å². The SMILES string of the molecule is CC(C)(C)C[C@@H]1N[C@@H](C(=O)NCCS(C)(=O)=O)[C@H](c2cccc(Cl)c2)[C@@]1(N)c1ccc(Cl)cc1. The number of hydrogen-bond acceptors (Lipinski definition) is 5. The fraction of sp³-hybridized carbons (Fsp3) is 0.480. The number of rotatable bonds is 7. The highest BCUT2D eigenvalue weighted by Gasteiger charge is 2.56. The van der Waals surface area contributed by atoms with Gasteiger partial charge in [-0.05, 0) is 47.2 Å². The third-order valence-electron chi connectivity index (χ3n) is 6.23. The van der Waals surface area contributed by atoms with Gasteiger partial charge in [-0.2, -0.15) is 0 Å². The molecule has 1 amide bonds. The van der Waals surface area contributed by atoms with Gasteiger partial charge >= 0.3 is 0 Å². The normalized spacial score (nSPS) is 25.3. The highest BCUT2D eigenvalue weighted by atomic mass is 35.5. The summed E-state index contributed by atoms with van der Waals surface area (Å²) in [4.78, 5) is 13.4. The van der Waals surface area contributed by atoms with Crippen LogP contribution in [0.2, 0.25) is 10.0 Å². The molecule has 2 aromatic carbocycles. The van der Waals surface area contributed by atoms with Crippen LogP contribution < -0.4 is 16.4 Å². The van der Waals surface area contributed by atoms with E-state index in [2.05, 4.69) is 31.4 Å². The van der Waals surface area contributed by atoms with E-state index in [0.717, 1.165) is 17.4 Å². The second kappa shape index (κ2) is 10.2. The summed E-state index contributed by atoms with van der Waals surface area (Å²) >= 11 is 12.5. The predicted molar refractivity (Wildman–Crippen MR) is 139 cm³/mol. The minimum absolute atomic E-state index is 0.0283. The molecule has 2 aromatic rings. The number of nitrogens with two attached hydrogens (primary N) is 1. The van der Waals surface area contributed by atoms with E-state index in [9.17, 15) is 13.2 Å². The van der Waals surface area contributed by atoms with Crippen molar-refractivity contribution in [3.05, 3.63) is 69.7 Å². The Hall–Kier alpha value is -1.64. The lowest BCUT2D eigenvalue weighted by Crippen LogP contribution is -2.51. The number of benzene rings is 2. The highest BCUT2D eigenvalue weighted by Crippen LogP contribution is 2.48. The molecular formula is C25H33Cl2N3O3S. The zero-order valence-corrected chi connectivity index (χ0v) is 22.3. The molecule has 0 spiro atoms. The first kappa shape index (κ1) is 27.0. The fourth-order valence-corrected chi connectivity index (χ4v) is 5.57. The van der Waals surface area contributed by atoms with Crippen LogP contribution in [0.3, 0.4) is 0 Å². The predicted octanol–water partition coefficient (Wildman–Crippen LogP) is 3.87. The smallest absolute Gasteiger partial charge is 0.237 e. The first-order valence-corrected chi connectivity index (χ1v) is 14.0. The van der Waals surface area contributed by atoms with Crippen molar-refractivity contribution >= 4 is 38.9 Å². The quantitative estimate of drug-likeness (QED) is 0.509. The molecule has 4 N–H and O–H groups in total. The molecular weight excluding hydrogens is 493 g/mol. The van der Waals surface area contributed by atoms with Crippen LogP contribution >= 0.6 is 23.2 Å². The van der Waals surface area contributed by atoms with Crippen molar-refractivity contribution in [3.63, 3.8) is 0 Å². The van der Waals surface area contributed by atoms with E-state index in [1.807, 2.05) is 30.3 Å². The average Bonchev–Trinajstić information content (AvgIpc) is 2.99. The Morgan fingerprint density at radius 1 is 1.12 bits per heavy atom. The number of nitrogens with one attached hydrogen (secondary N) is 2. The lowest BCUT2D eigenvalue weighted by Gasteiger charge is -2.39. The van der Waals surface area contributed by atoms with Crippen molar-refractivity contribution in [2.75, 3.05) is 18.6 Å². The Morgan fingerprint density at radius 3 is 2.32 bits per heavy atom. The van der Waals surface area contributed by atoms with Gasteiger partial charge in [-0.1, -0.05) is 68.2 Å². The zero-order valence-electron chi connectivity index (χ0n) is 19.9. The van der Waals surface area contributed by atoms with E-state index < -0.39 is 27.3 Å². The molecule has 0 aliphatic carbocycles. The molecule has 3 rings (SSSR count). The van der Waals surface area contributed by atoms with Crippen LogP contribution in [0.5, 0.6) is 0 Å². The number of hydrogen-bond donors (Lipinski definition) is 3. The maximum Gasteiger partial charge on any atom is 0.237 e. The minimum Gasteiger partial charge on any atom is -0.354 e. The first-order chi connectivity index (χ1) is 15.7. The maximum absolute atomic E-state index is 13.4. The standard InChI is InChI=1S/C25H33Cl2N3O3S/c1-24(2,3)15-20-25(28,17-8-10-18(26)11-9-17)21(16-6-5-7-19(27)14-16)22(30-20)23(31)29-12-13-34(4,32)33/h5-11,14,20-22,30H,12-13,15,28H2,1-4H3,(H,29,31)/t20-,21-,22+,25+/m0/s1. The number of sulfone groups is 1. The lowest BCUT2D eigenvalue weighted by atomic mass is 9.68. The summed E-state index contributed by atoms with van der Waals surface area (Å²) in [5.74, 6) is -0.893. The summed E-state index contributed by atoms with van der Waals surface area (Å²) in [6.07, 6.45) is 1.85. The average molecular weight is 527 g/mol. The number of halogens is 2. The van der Waals surface area contributed by atoms with Crippen molar-refractivity contribution in [3.8, 4) is 0 Å². The van der Waals surface area contributed by atoms with E-state index in [1.54, 1.807) is 18.2 Å². The molecule has 0 bridgehead atoms. The maximum atomic E-state index is 13.4. The molecule has 1 fully saturated rings. The van der Waals surface area contributed by atoms with Crippen LogP contribution in [0.1, 0.15) is 44.2 Å². The van der Waals surface area contributed by atoms with Gasteiger partial charge in [0, 0.05) is 34.8 Å². The van der Waals surface area contributed by atoms with Gasteiger partial charge < -0.3 is 16.4 Å². The summed E-state index contributed by atoms with van der Waals surface area (Å²) < 4.78 is 23.1. The van der Waals surface area contributed by atoms with Crippen molar-refractivity contribution in [2.45, 2.75) is 50.7 Å². The molecule has 186 valence electrons. The van der Waals surface area contributed by atoms with Gasteiger partial charge in [0.15, 0.2) is 0 Å². The summed E-state index contributed by atoms with van der Waals surface area (Å²) in [6.45, 7) is 6.42. The number of carbonyl (C=O) groups is 1. The summed E-state index contributed by atoms with van der Waals surface area (Å²) in [6, 6.07) is 13.9. The Bertz CT molecular complexity index is 1130. The molecule has 0 saturated carbocycles. The van der Waals surface area contributed by atoms with Gasteiger partial charge in [0.25, 0.3) is 0 Å². The Morgan fingerprint density at radius 2 is 1.76 bits per heavy atom. The minimum atomic E-state index is -3.21. The summed E-state index contributed by atoms with van der Waals surface area (Å²) in [7, 11) is -3.21. The van der Waals surface area contributed by atoms with Gasteiger partial charge in [0.05, 0.1) is 17.3 Å². The van der Waals surface area contributed by atoms with Gasteiger partial charge in [-0.15, -0.1) is 0 Å². The van der Waals surface area contributed by atoms with Gasteiger partial charge in [-0.25, -0.2) is 8.42 Å². The van der Waals surface area contributed by atoms with Gasteiger partial charge in [-0.3, -0.25) is 4.79 Å². The number of carbonyl (C=O) groups excluding carboxylic acids is 1. The number of amides is 1. The molecule has 34 heavy (non-hydrogen) atoms. The molecule has 4 atom stereocenters. The van der Waals surface area contributed by atoms with Crippen LogP contribution in [0.25, 0.3) is 0 Å². The van der Waals surface area contributed by atoms with Crippen LogP contribution in [-0.4, -0.2) is 45.0 Å². The van der Waals surface area contributed by atoms with E-state index >= 15 is 0 Å². The van der Waals surface area contributed by atoms with Crippen LogP contribution in [0.4, 0.5) is 0 Å². The lowest BCUT2D eigenvalue weighted by molar-refractivity contribution is -0.123. The van der Waals surface area contributed by atoms with Crippen molar-refractivity contribution in [1.29, 1.82) is 0 Å². The fourth-order valence-electron chi connectivity index (χ4n) is 4.77. The zero-order chi connectivity index (χ0) is 25.3. The molecule has 1 saturated heterocycles. The molecule has 1 aliphatic rings. The first-order valence-electron chi connectivity index (χ1n) is 11.2. The van der Waals surface area contributed by atoms with E-state index in [0.29, 0.717) is 16.5 Å². The third kappa shape index (κ3) is 6.32. The van der Waals surface area contributed by atoms with Crippen molar-refractivity contribution in [1.82, 2.24) is 10.6 Å². The Kier molecular flexibility index (Phi) is 8.05. The van der Waals surface area contributed by atoms with Gasteiger partial charge in [0.2, 0.25) is 5.91 Å². The summed E-state index contributed by atoms with van der Waals surface area (Å²) in [5, 5.41) is 7.44. The molecule has 6 nitrogen and oxygen atoms in total. The Balaban J connectivity index is 2.11. The molecule has 9 heteroatoms. The van der Waals surface area contributed by atoms with Crippen molar-refractivity contribution in [2.24, 2.45) is 11.1 Å². The van der Waals surface area contributed by atoms with Crippen LogP contribution in [0.15, 0.2) is 48.5 Å². The van der Waals surface area contributed by atoms with Crippen LogP contribution in [-0.2, 0) is 20.2 Å².